The number of hydrogen-bond donors (Lipinski definition) is 3. The summed E-state index contributed by atoms with van der Waals surface area (Å²) in [5.74, 6) is 0.145. The third-order valence-corrected chi connectivity index (χ3v) is 2.55. The lowest BCUT2D eigenvalue weighted by atomic mass is 10.2. The van der Waals surface area contributed by atoms with Gasteiger partial charge >= 0.3 is 0 Å². The highest BCUT2D eigenvalue weighted by Gasteiger charge is 2.16. The van der Waals surface area contributed by atoms with Gasteiger partial charge in [0.1, 0.15) is 10.6 Å². The number of anilines is 2. The zero-order valence-electron chi connectivity index (χ0n) is 7.39. The van der Waals surface area contributed by atoms with Crippen LogP contribution in [0.5, 0.6) is 5.75 Å². The van der Waals surface area contributed by atoms with Crippen molar-refractivity contribution in [1.29, 1.82) is 0 Å². The molecule has 0 aliphatic carbocycles. The number of nitrogens with two attached hydrogens (primary N) is 2. The van der Waals surface area contributed by atoms with Gasteiger partial charge in [-0.25, -0.2) is 0 Å². The van der Waals surface area contributed by atoms with Gasteiger partial charge in [0.25, 0.3) is 10.1 Å². The summed E-state index contributed by atoms with van der Waals surface area (Å²) in [6.07, 6.45) is 0. The Hall–Kier alpha value is -1.47. The number of ether oxygens (including phenoxy) is 1. The van der Waals surface area contributed by atoms with Gasteiger partial charge in [0, 0.05) is 6.07 Å². The van der Waals surface area contributed by atoms with Crippen LogP contribution in [0, 0.1) is 0 Å². The third kappa shape index (κ3) is 1.88. The molecule has 0 bridgehead atoms. The van der Waals surface area contributed by atoms with Gasteiger partial charge < -0.3 is 16.2 Å². The minimum Gasteiger partial charge on any atom is -0.495 e. The average molecular weight is 218 g/mol. The van der Waals surface area contributed by atoms with Gasteiger partial charge in [-0.2, -0.15) is 8.42 Å². The standard InChI is InChI=1S/C7H10N2O4S/c1-13-6-3-7(14(10,11)12)5(9)2-4(6)8/h2-3H,8-9H2,1H3,(H,10,11,12). The van der Waals surface area contributed by atoms with Crippen molar-refractivity contribution < 1.29 is 17.7 Å². The number of rotatable bonds is 2. The van der Waals surface area contributed by atoms with Gasteiger partial charge in [0.15, 0.2) is 0 Å². The van der Waals surface area contributed by atoms with Crippen LogP contribution in [0.3, 0.4) is 0 Å². The van der Waals surface area contributed by atoms with E-state index in [1.165, 1.54) is 13.2 Å². The van der Waals surface area contributed by atoms with Gasteiger partial charge in [-0.05, 0) is 6.07 Å². The first-order valence-electron chi connectivity index (χ1n) is 3.56. The molecular formula is C7H10N2O4S. The molecule has 1 aromatic carbocycles. The van der Waals surface area contributed by atoms with E-state index in [0.717, 1.165) is 6.07 Å². The summed E-state index contributed by atoms with van der Waals surface area (Å²) in [7, 11) is -3.01. The van der Waals surface area contributed by atoms with Crippen LogP contribution >= 0.6 is 0 Å². The highest BCUT2D eigenvalue weighted by molar-refractivity contribution is 7.86. The lowest BCUT2D eigenvalue weighted by molar-refractivity contribution is 0.415. The fourth-order valence-corrected chi connectivity index (χ4v) is 1.61. The lowest BCUT2D eigenvalue weighted by Crippen LogP contribution is -2.05. The smallest absolute Gasteiger partial charge is 0.296 e. The molecule has 0 saturated carbocycles. The molecule has 0 heterocycles. The van der Waals surface area contributed by atoms with Crippen molar-refractivity contribution in [2.24, 2.45) is 0 Å². The summed E-state index contributed by atoms with van der Waals surface area (Å²) in [5, 5.41) is 0. The van der Waals surface area contributed by atoms with Gasteiger partial charge in [-0.3, -0.25) is 4.55 Å². The van der Waals surface area contributed by atoms with Crippen LogP contribution in [0.1, 0.15) is 0 Å². The molecule has 14 heavy (non-hydrogen) atoms. The first-order chi connectivity index (χ1) is 6.36. The number of benzene rings is 1. The zero-order chi connectivity index (χ0) is 10.9. The van der Waals surface area contributed by atoms with Gasteiger partial charge in [0.2, 0.25) is 0 Å². The molecule has 7 heteroatoms. The predicted octanol–water partition coefficient (Wildman–Crippen LogP) is 0.106. The fraction of sp³-hybridized carbons (Fsp3) is 0.143. The lowest BCUT2D eigenvalue weighted by Gasteiger charge is -2.08. The van der Waals surface area contributed by atoms with E-state index in [0.29, 0.717) is 0 Å². The molecular weight excluding hydrogens is 208 g/mol. The highest BCUT2D eigenvalue weighted by atomic mass is 32.2. The molecule has 0 atom stereocenters. The Morgan fingerprint density at radius 1 is 1.29 bits per heavy atom. The molecule has 78 valence electrons. The molecule has 0 aromatic heterocycles. The van der Waals surface area contributed by atoms with E-state index >= 15 is 0 Å². The van der Waals surface area contributed by atoms with Crippen LogP contribution in [-0.4, -0.2) is 20.1 Å². The van der Waals surface area contributed by atoms with Crippen LogP contribution in [0.15, 0.2) is 17.0 Å². The molecule has 1 rings (SSSR count). The van der Waals surface area contributed by atoms with Crippen molar-refractivity contribution in [2.45, 2.75) is 4.90 Å². The molecule has 0 saturated heterocycles. The van der Waals surface area contributed by atoms with Gasteiger partial charge in [-0.1, -0.05) is 0 Å². The normalized spacial score (nSPS) is 11.3. The second-order valence-corrected chi connectivity index (χ2v) is 4.00. The van der Waals surface area contributed by atoms with Gasteiger partial charge in [-0.15, -0.1) is 0 Å². The molecule has 0 aliphatic rings. The minimum atomic E-state index is -4.34. The van der Waals surface area contributed by atoms with E-state index in [-0.39, 0.29) is 17.1 Å². The molecule has 5 N–H and O–H groups in total. The minimum absolute atomic E-state index is 0.120. The van der Waals surface area contributed by atoms with E-state index in [4.69, 9.17) is 20.8 Å². The Labute approximate surface area is 81.2 Å². The Bertz CT molecular complexity index is 455. The van der Waals surface area contributed by atoms with E-state index in [1.54, 1.807) is 0 Å². The van der Waals surface area contributed by atoms with Crippen molar-refractivity contribution >= 4 is 21.5 Å². The average Bonchev–Trinajstić information content (AvgIpc) is 2.02. The first-order valence-corrected chi connectivity index (χ1v) is 5.00. The SMILES string of the molecule is COc1cc(S(=O)(=O)O)c(N)cc1N. The summed E-state index contributed by atoms with van der Waals surface area (Å²) in [6.45, 7) is 0. The van der Waals surface area contributed by atoms with E-state index in [9.17, 15) is 8.42 Å². The topological polar surface area (TPSA) is 116 Å². The zero-order valence-corrected chi connectivity index (χ0v) is 8.21. The third-order valence-electron chi connectivity index (χ3n) is 1.64. The van der Waals surface area contributed by atoms with Crippen LogP contribution in [0.4, 0.5) is 11.4 Å². The number of hydrogen-bond acceptors (Lipinski definition) is 5. The maximum Gasteiger partial charge on any atom is 0.296 e. The molecule has 6 nitrogen and oxygen atoms in total. The monoisotopic (exact) mass is 218 g/mol. The Balaban J connectivity index is 3.47. The molecule has 0 unspecified atom stereocenters. The summed E-state index contributed by atoms with van der Waals surface area (Å²) in [6, 6.07) is 2.28. The van der Waals surface area contributed by atoms with Gasteiger partial charge in [0.05, 0.1) is 18.5 Å². The van der Waals surface area contributed by atoms with Crippen LogP contribution in [0.2, 0.25) is 0 Å². The van der Waals surface area contributed by atoms with Crippen molar-refractivity contribution in [3.8, 4) is 5.75 Å². The molecule has 0 radical (unpaired) electrons. The summed E-state index contributed by atoms with van der Waals surface area (Å²) in [5.41, 5.74) is 10.9. The molecule has 0 amide bonds. The van der Waals surface area contributed by atoms with E-state index in [2.05, 4.69) is 0 Å². The van der Waals surface area contributed by atoms with Crippen LogP contribution in [-0.2, 0) is 10.1 Å². The van der Waals surface area contributed by atoms with Crippen LogP contribution in [0.25, 0.3) is 0 Å². The Morgan fingerprint density at radius 3 is 2.29 bits per heavy atom. The molecule has 1 aromatic rings. The molecule has 0 spiro atoms. The molecule has 0 fully saturated rings. The van der Waals surface area contributed by atoms with Crippen molar-refractivity contribution in [1.82, 2.24) is 0 Å². The second-order valence-electron chi connectivity index (χ2n) is 2.61. The number of methoxy groups -OCH3 is 1. The summed E-state index contributed by atoms with van der Waals surface area (Å²) >= 11 is 0. The second kappa shape index (κ2) is 3.35. The largest absolute Gasteiger partial charge is 0.495 e. The first kappa shape index (κ1) is 10.6. The summed E-state index contributed by atoms with van der Waals surface area (Å²) in [4.78, 5) is -0.413. The van der Waals surface area contributed by atoms with Crippen LogP contribution < -0.4 is 16.2 Å². The Morgan fingerprint density at radius 2 is 1.86 bits per heavy atom. The number of nitrogen functional groups attached to an aromatic ring is 2. The van der Waals surface area contributed by atoms with E-state index < -0.39 is 15.0 Å². The van der Waals surface area contributed by atoms with Crippen molar-refractivity contribution in [2.75, 3.05) is 18.6 Å². The van der Waals surface area contributed by atoms with Crippen molar-refractivity contribution in [3.63, 3.8) is 0 Å². The highest BCUT2D eigenvalue weighted by Crippen LogP contribution is 2.29. The predicted molar refractivity (Wildman–Crippen MR) is 51.6 cm³/mol. The Kier molecular flexibility index (Phi) is 2.54. The quantitative estimate of drug-likeness (QED) is 0.479. The van der Waals surface area contributed by atoms with E-state index in [1.807, 2.05) is 0 Å². The summed E-state index contributed by atoms with van der Waals surface area (Å²) < 4.78 is 35.2. The fourth-order valence-electron chi connectivity index (χ4n) is 0.996. The molecule has 0 aliphatic heterocycles. The van der Waals surface area contributed by atoms with Crippen molar-refractivity contribution in [3.05, 3.63) is 12.1 Å². The maximum absolute atomic E-state index is 10.8. The maximum atomic E-state index is 10.8.